The van der Waals surface area contributed by atoms with Crippen molar-refractivity contribution in [1.82, 2.24) is 20.9 Å². The highest BCUT2D eigenvalue weighted by atomic mass is 19.1. The SMILES string of the molecule is COc1c(F)cc(F)c2[nH]c(C(=O)N[C@@H](CC(C)C)C(=O)N[C@H](C#N)C[C@@H]3CCNC3=O)cc12. The summed E-state index contributed by atoms with van der Waals surface area (Å²) in [6.45, 7) is 4.26. The maximum absolute atomic E-state index is 14.2. The van der Waals surface area contributed by atoms with Crippen LogP contribution >= 0.6 is 0 Å². The third-order valence-corrected chi connectivity index (χ3v) is 5.70. The average Bonchev–Trinajstić information content (AvgIpc) is 3.39. The molecule has 1 aliphatic rings. The van der Waals surface area contributed by atoms with Gasteiger partial charge < -0.3 is 25.7 Å². The molecule has 9 nitrogen and oxygen atoms in total. The molecule has 3 amide bonds. The molecule has 2 aromatic rings. The number of aromatic nitrogens is 1. The van der Waals surface area contributed by atoms with E-state index in [9.17, 15) is 28.4 Å². The van der Waals surface area contributed by atoms with E-state index in [2.05, 4.69) is 20.9 Å². The van der Waals surface area contributed by atoms with E-state index >= 15 is 0 Å². The third-order valence-electron chi connectivity index (χ3n) is 5.70. The number of hydrogen-bond donors (Lipinski definition) is 4. The van der Waals surface area contributed by atoms with Gasteiger partial charge >= 0.3 is 0 Å². The second-order valence-corrected chi connectivity index (χ2v) is 8.70. The number of halogens is 2. The largest absolute Gasteiger partial charge is 0.493 e. The van der Waals surface area contributed by atoms with Gasteiger partial charge in [-0.05, 0) is 31.2 Å². The van der Waals surface area contributed by atoms with Crippen LogP contribution < -0.4 is 20.7 Å². The normalized spacial score (nSPS) is 17.2. The highest BCUT2D eigenvalue weighted by Crippen LogP contribution is 2.31. The summed E-state index contributed by atoms with van der Waals surface area (Å²) in [7, 11) is 1.23. The molecular formula is C23H27F2N5O4. The van der Waals surface area contributed by atoms with E-state index in [1.54, 1.807) is 0 Å². The van der Waals surface area contributed by atoms with Gasteiger partial charge in [-0.1, -0.05) is 13.8 Å². The van der Waals surface area contributed by atoms with Crippen molar-refractivity contribution in [2.75, 3.05) is 13.7 Å². The second-order valence-electron chi connectivity index (χ2n) is 8.70. The van der Waals surface area contributed by atoms with Crippen molar-refractivity contribution in [3.05, 3.63) is 29.5 Å². The number of hydrogen-bond acceptors (Lipinski definition) is 5. The average molecular weight is 475 g/mol. The van der Waals surface area contributed by atoms with Crippen molar-refractivity contribution in [2.24, 2.45) is 11.8 Å². The zero-order chi connectivity index (χ0) is 25.0. The Morgan fingerprint density at radius 1 is 1.26 bits per heavy atom. The van der Waals surface area contributed by atoms with E-state index < -0.39 is 35.5 Å². The van der Waals surface area contributed by atoms with Crippen LogP contribution in [0.2, 0.25) is 0 Å². The van der Waals surface area contributed by atoms with Gasteiger partial charge in [-0.2, -0.15) is 5.26 Å². The zero-order valence-corrected chi connectivity index (χ0v) is 19.1. The molecule has 182 valence electrons. The molecule has 4 N–H and O–H groups in total. The lowest BCUT2D eigenvalue weighted by Gasteiger charge is -2.22. The summed E-state index contributed by atoms with van der Waals surface area (Å²) in [6.07, 6.45) is 1.02. The van der Waals surface area contributed by atoms with E-state index in [-0.39, 0.29) is 52.9 Å². The predicted octanol–water partition coefficient (Wildman–Crippen LogP) is 2.13. The molecule has 11 heteroatoms. The number of carbonyl (C=O) groups excluding carboxylic acids is 3. The Balaban J connectivity index is 1.77. The molecule has 0 saturated carbocycles. The van der Waals surface area contributed by atoms with Crippen molar-refractivity contribution in [1.29, 1.82) is 5.26 Å². The van der Waals surface area contributed by atoms with Gasteiger partial charge in [0.15, 0.2) is 11.6 Å². The monoisotopic (exact) mass is 475 g/mol. The van der Waals surface area contributed by atoms with Gasteiger partial charge in [0.2, 0.25) is 11.8 Å². The Bertz CT molecular complexity index is 1140. The van der Waals surface area contributed by atoms with Crippen LogP contribution in [0.5, 0.6) is 5.75 Å². The lowest BCUT2D eigenvalue weighted by atomic mass is 9.98. The molecule has 1 aromatic heterocycles. The lowest BCUT2D eigenvalue weighted by Crippen LogP contribution is -2.50. The molecule has 1 aliphatic heterocycles. The summed E-state index contributed by atoms with van der Waals surface area (Å²) in [5, 5.41) is 17.4. The summed E-state index contributed by atoms with van der Waals surface area (Å²) >= 11 is 0. The Hall–Kier alpha value is -3.68. The van der Waals surface area contributed by atoms with Crippen LogP contribution in [-0.2, 0) is 9.59 Å². The summed E-state index contributed by atoms with van der Waals surface area (Å²) in [5.41, 5.74) is -0.188. The maximum atomic E-state index is 14.2. The molecule has 3 atom stereocenters. The van der Waals surface area contributed by atoms with Gasteiger partial charge in [0.25, 0.3) is 5.91 Å². The molecule has 0 spiro atoms. The molecule has 2 heterocycles. The van der Waals surface area contributed by atoms with Gasteiger partial charge in [-0.25, -0.2) is 8.78 Å². The highest BCUT2D eigenvalue weighted by molar-refractivity contribution is 6.01. The Kier molecular flexibility index (Phi) is 7.71. The van der Waals surface area contributed by atoms with Crippen molar-refractivity contribution in [3.8, 4) is 11.8 Å². The standard InChI is InChI=1S/C23H27F2N5O4/c1-11(2)6-17(22(32)28-13(10-26)7-12-4-5-27-21(12)31)30-23(33)18-8-14-19(29-18)15(24)9-16(25)20(14)34-3/h8-9,11-13,17,29H,4-7H2,1-3H3,(H,27,31)(H,28,32)(H,30,33)/t12-,13-,17-/m0/s1. The Morgan fingerprint density at radius 2 is 2.00 bits per heavy atom. The van der Waals surface area contributed by atoms with Crippen LogP contribution in [0.15, 0.2) is 12.1 Å². The number of fused-ring (bicyclic) bond motifs is 1. The Labute approximate surface area is 195 Å². The van der Waals surface area contributed by atoms with Crippen LogP contribution in [-0.4, -0.2) is 48.4 Å². The number of carbonyl (C=O) groups is 3. The van der Waals surface area contributed by atoms with Gasteiger partial charge in [0, 0.05) is 23.9 Å². The molecule has 34 heavy (non-hydrogen) atoms. The zero-order valence-electron chi connectivity index (χ0n) is 19.1. The molecule has 1 saturated heterocycles. The van der Waals surface area contributed by atoms with Crippen molar-refractivity contribution < 1.29 is 27.9 Å². The molecule has 1 aromatic carbocycles. The van der Waals surface area contributed by atoms with Crippen LogP contribution in [0.3, 0.4) is 0 Å². The number of rotatable bonds is 9. The Morgan fingerprint density at radius 3 is 2.59 bits per heavy atom. The van der Waals surface area contributed by atoms with Crippen LogP contribution in [0.4, 0.5) is 8.78 Å². The number of nitrogens with zero attached hydrogens (tertiary/aromatic N) is 1. The molecule has 0 radical (unpaired) electrons. The topological polar surface area (TPSA) is 136 Å². The molecule has 0 bridgehead atoms. The summed E-state index contributed by atoms with van der Waals surface area (Å²) in [5.74, 6) is -3.78. The van der Waals surface area contributed by atoms with Crippen molar-refractivity contribution in [3.63, 3.8) is 0 Å². The number of methoxy groups -OCH3 is 1. The quantitative estimate of drug-likeness (QED) is 0.441. The summed E-state index contributed by atoms with van der Waals surface area (Å²) in [4.78, 5) is 40.2. The summed E-state index contributed by atoms with van der Waals surface area (Å²) in [6, 6.07) is 2.00. The predicted molar refractivity (Wildman–Crippen MR) is 119 cm³/mol. The third kappa shape index (κ3) is 5.44. The lowest BCUT2D eigenvalue weighted by molar-refractivity contribution is -0.125. The first kappa shape index (κ1) is 25.0. The van der Waals surface area contributed by atoms with Gasteiger partial charge in [0.1, 0.15) is 23.6 Å². The number of aromatic amines is 1. The number of H-pyrrole nitrogens is 1. The minimum Gasteiger partial charge on any atom is -0.493 e. The van der Waals surface area contributed by atoms with Gasteiger partial charge in [-0.3, -0.25) is 14.4 Å². The fourth-order valence-electron chi connectivity index (χ4n) is 4.04. The van der Waals surface area contributed by atoms with Crippen molar-refractivity contribution in [2.45, 2.75) is 45.2 Å². The first-order chi connectivity index (χ1) is 16.1. The van der Waals surface area contributed by atoms with Gasteiger partial charge in [-0.15, -0.1) is 0 Å². The fraction of sp³-hybridized carbons (Fsp3) is 0.478. The minimum atomic E-state index is -0.990. The fourth-order valence-corrected chi connectivity index (χ4v) is 4.04. The van der Waals surface area contributed by atoms with Crippen LogP contribution in [0, 0.1) is 34.8 Å². The maximum Gasteiger partial charge on any atom is 0.268 e. The van der Waals surface area contributed by atoms with Gasteiger partial charge in [0.05, 0.1) is 18.7 Å². The number of ether oxygens (including phenoxy) is 1. The number of amides is 3. The summed E-state index contributed by atoms with van der Waals surface area (Å²) < 4.78 is 33.2. The molecular weight excluding hydrogens is 448 g/mol. The first-order valence-corrected chi connectivity index (χ1v) is 11.0. The second kappa shape index (κ2) is 10.5. The van der Waals surface area contributed by atoms with E-state index in [0.29, 0.717) is 19.0 Å². The van der Waals surface area contributed by atoms with E-state index in [0.717, 1.165) is 0 Å². The number of benzene rings is 1. The molecule has 3 rings (SSSR count). The molecule has 0 unspecified atom stereocenters. The number of nitriles is 1. The van der Waals surface area contributed by atoms with E-state index in [1.165, 1.54) is 13.2 Å². The first-order valence-electron chi connectivity index (χ1n) is 11.0. The van der Waals surface area contributed by atoms with Crippen molar-refractivity contribution >= 4 is 28.6 Å². The van der Waals surface area contributed by atoms with Crippen LogP contribution in [0.25, 0.3) is 10.9 Å². The van der Waals surface area contributed by atoms with E-state index in [4.69, 9.17) is 4.74 Å². The van der Waals surface area contributed by atoms with E-state index in [1.807, 2.05) is 19.9 Å². The smallest absolute Gasteiger partial charge is 0.268 e. The molecule has 1 fully saturated rings. The van der Waals surface area contributed by atoms with Crippen LogP contribution in [0.1, 0.15) is 43.6 Å². The minimum absolute atomic E-state index is 0.0199. The highest BCUT2D eigenvalue weighted by Gasteiger charge is 2.30. The molecule has 0 aliphatic carbocycles. The number of nitrogens with one attached hydrogen (secondary N) is 4.